The molecule has 0 unspecified atom stereocenters. The second kappa shape index (κ2) is 7.08. The van der Waals surface area contributed by atoms with E-state index >= 15 is 0 Å². The molecule has 2 aliphatic rings. The van der Waals surface area contributed by atoms with Crippen molar-refractivity contribution in [3.8, 4) is 0 Å². The molecule has 2 aromatic rings. The molecule has 1 aromatic heterocycles. The van der Waals surface area contributed by atoms with Crippen LogP contribution in [0.5, 0.6) is 0 Å². The van der Waals surface area contributed by atoms with Crippen LogP contribution in [0, 0.1) is 5.82 Å². The fourth-order valence-electron chi connectivity index (χ4n) is 4.29. The van der Waals surface area contributed by atoms with E-state index < -0.39 is 13.7 Å². The van der Waals surface area contributed by atoms with Gasteiger partial charge in [-0.3, -0.25) is 14.7 Å². The van der Waals surface area contributed by atoms with Crippen LogP contribution in [0.4, 0.5) is 10.1 Å². The number of carbonyl (C=O) groups is 1. The molecule has 0 N–H and O–H groups in total. The summed E-state index contributed by atoms with van der Waals surface area (Å²) in [6, 6.07) is 3.19. The molecule has 1 aromatic carbocycles. The van der Waals surface area contributed by atoms with Crippen molar-refractivity contribution < 1.29 is 13.6 Å². The average molecular weight is 494 g/mol. The number of pyridine rings is 1. The van der Waals surface area contributed by atoms with Crippen molar-refractivity contribution in [2.24, 2.45) is 0 Å². The lowest BCUT2D eigenvalue weighted by Gasteiger charge is -2.47. The van der Waals surface area contributed by atoms with Gasteiger partial charge in [0.25, 0.3) is 0 Å². The van der Waals surface area contributed by atoms with Crippen LogP contribution >= 0.6 is 15.9 Å². The predicted octanol–water partition coefficient (Wildman–Crippen LogP) is 4.69. The minimum atomic E-state index is -1.78. The van der Waals surface area contributed by atoms with E-state index in [2.05, 4.69) is 59.7 Å². The molecule has 1 saturated heterocycles. The number of carbonyl (C=O) groups excluding carboxylic acids is 1. The fourth-order valence-corrected chi connectivity index (χ4v) is 5.66. The Bertz CT molecular complexity index is 1030. The first-order chi connectivity index (χ1) is 13.9. The molecule has 4 rings (SSSR count). The summed E-state index contributed by atoms with van der Waals surface area (Å²) < 4.78 is 20.7. The van der Waals surface area contributed by atoms with Crippen molar-refractivity contribution in [1.29, 1.82) is 0 Å². The van der Waals surface area contributed by atoms with Crippen molar-refractivity contribution in [3.63, 3.8) is 0 Å². The maximum Gasteiger partial charge on any atom is 0.240 e. The van der Waals surface area contributed by atoms with Crippen LogP contribution in [-0.4, -0.2) is 57.4 Å². The number of nitrogens with zero attached hydrogens (tertiary/aromatic N) is 3. The Labute approximate surface area is 186 Å². The highest BCUT2D eigenvalue weighted by molar-refractivity contribution is 9.10. The Balaban J connectivity index is 1.57. The average Bonchev–Trinajstić information content (AvgIpc) is 2.83. The molecule has 30 heavy (non-hydrogen) atoms. The van der Waals surface area contributed by atoms with Crippen molar-refractivity contribution in [2.45, 2.75) is 44.3 Å². The van der Waals surface area contributed by atoms with Gasteiger partial charge in [-0.05, 0) is 40.1 Å². The Hall–Kier alpha value is -1.35. The highest BCUT2D eigenvalue weighted by atomic mass is 79.9. The van der Waals surface area contributed by atoms with Gasteiger partial charge in [0, 0.05) is 50.3 Å². The van der Waals surface area contributed by atoms with Crippen LogP contribution in [0.25, 0.3) is 10.9 Å². The van der Waals surface area contributed by atoms with Gasteiger partial charge < -0.3 is 9.33 Å². The summed E-state index contributed by atoms with van der Waals surface area (Å²) in [5.74, 6) is -0.256. The molecule has 1 spiro atoms. The molecule has 5 nitrogen and oxygen atoms in total. The zero-order chi connectivity index (χ0) is 22.1. The minimum absolute atomic E-state index is 0.0915. The van der Waals surface area contributed by atoms with Gasteiger partial charge in [0.1, 0.15) is 11.2 Å². The van der Waals surface area contributed by atoms with Gasteiger partial charge in [0.05, 0.1) is 21.9 Å². The third-order valence-electron chi connectivity index (χ3n) is 7.11. The molecule has 3 heterocycles. The summed E-state index contributed by atoms with van der Waals surface area (Å²) in [5.41, 5.74) is 1.79. The number of aromatic nitrogens is 1. The van der Waals surface area contributed by atoms with E-state index in [1.54, 1.807) is 24.2 Å². The van der Waals surface area contributed by atoms with Crippen molar-refractivity contribution in [1.82, 2.24) is 9.88 Å². The number of benzene rings is 1. The first kappa shape index (κ1) is 21.9. The third kappa shape index (κ3) is 3.23. The maximum absolute atomic E-state index is 14.0. The van der Waals surface area contributed by atoms with E-state index in [1.807, 2.05) is 0 Å². The summed E-state index contributed by atoms with van der Waals surface area (Å²) in [4.78, 5) is 21.6. The largest absolute Gasteiger partial charge is 0.416 e. The smallest absolute Gasteiger partial charge is 0.240 e. The molecule has 0 aliphatic carbocycles. The third-order valence-corrected chi connectivity index (χ3v) is 12.3. The SMILES string of the molecule is CN1C(=O)C2(CN(CCO[Si](C)(C)C(C)(C)C)C2)c2c1cnc1cc(F)c(Br)cc21. The van der Waals surface area contributed by atoms with Gasteiger partial charge in [-0.1, -0.05) is 20.8 Å². The van der Waals surface area contributed by atoms with E-state index in [-0.39, 0.29) is 16.8 Å². The molecule has 0 saturated carbocycles. The minimum Gasteiger partial charge on any atom is -0.416 e. The molecule has 1 amide bonds. The summed E-state index contributed by atoms with van der Waals surface area (Å²) in [6.45, 7) is 14.0. The number of fused-ring (bicyclic) bond motifs is 4. The second-order valence-electron chi connectivity index (χ2n) is 10.1. The normalized spacial score (nSPS) is 18.9. The van der Waals surface area contributed by atoms with Gasteiger partial charge in [0.2, 0.25) is 5.91 Å². The highest BCUT2D eigenvalue weighted by Gasteiger charge is 2.58. The summed E-state index contributed by atoms with van der Waals surface area (Å²) in [7, 11) is 0.0155. The van der Waals surface area contributed by atoms with Crippen LogP contribution in [-0.2, 0) is 14.6 Å². The molecule has 0 bridgehead atoms. The standard InChI is InChI=1S/C22H29BrFN3O2Si/c1-21(2,3)30(5,6)29-8-7-27-12-22(13-27)19-14-9-15(23)16(24)10-17(14)25-11-18(19)26(4)20(22)28/h9-11H,7-8,12-13H2,1-6H3. The zero-order valence-electron chi connectivity index (χ0n) is 18.5. The fraction of sp³-hybridized carbons (Fsp3) is 0.545. The number of likely N-dealkylation sites (N-methyl/N-ethyl adjacent to an activating group) is 1. The summed E-state index contributed by atoms with van der Waals surface area (Å²) >= 11 is 3.29. The van der Waals surface area contributed by atoms with Gasteiger partial charge in [-0.25, -0.2) is 4.39 Å². The van der Waals surface area contributed by atoms with E-state index in [0.29, 0.717) is 29.7 Å². The van der Waals surface area contributed by atoms with E-state index in [9.17, 15) is 9.18 Å². The predicted molar refractivity (Wildman–Crippen MR) is 124 cm³/mol. The number of rotatable bonds is 4. The second-order valence-corrected chi connectivity index (χ2v) is 15.7. The molecular weight excluding hydrogens is 465 g/mol. The first-order valence-corrected chi connectivity index (χ1v) is 14.0. The Morgan fingerprint density at radius 1 is 1.30 bits per heavy atom. The van der Waals surface area contributed by atoms with Crippen molar-refractivity contribution in [2.75, 3.05) is 38.2 Å². The van der Waals surface area contributed by atoms with Crippen LogP contribution in [0.15, 0.2) is 22.8 Å². The van der Waals surface area contributed by atoms with Crippen molar-refractivity contribution in [3.05, 3.63) is 34.2 Å². The zero-order valence-corrected chi connectivity index (χ0v) is 21.1. The van der Waals surface area contributed by atoms with Gasteiger partial charge in [-0.15, -0.1) is 0 Å². The van der Waals surface area contributed by atoms with Crippen LogP contribution in [0.2, 0.25) is 18.1 Å². The lowest BCUT2D eigenvalue weighted by atomic mass is 9.73. The van der Waals surface area contributed by atoms with Crippen molar-refractivity contribution >= 4 is 46.7 Å². The van der Waals surface area contributed by atoms with E-state index in [4.69, 9.17) is 4.43 Å². The molecule has 0 radical (unpaired) electrons. The monoisotopic (exact) mass is 493 g/mol. The van der Waals surface area contributed by atoms with Crippen LogP contribution in [0.3, 0.4) is 0 Å². The van der Waals surface area contributed by atoms with Crippen LogP contribution < -0.4 is 4.90 Å². The molecule has 162 valence electrons. The summed E-state index contributed by atoms with van der Waals surface area (Å²) in [5, 5.41) is 1.02. The summed E-state index contributed by atoms with van der Waals surface area (Å²) in [6.07, 6.45) is 1.70. The molecule has 0 atom stereocenters. The Kier molecular flexibility index (Phi) is 5.16. The maximum atomic E-state index is 14.0. The number of halogens is 2. The van der Waals surface area contributed by atoms with Crippen LogP contribution in [0.1, 0.15) is 26.3 Å². The first-order valence-electron chi connectivity index (χ1n) is 10.3. The number of likely N-dealkylation sites (tertiary alicyclic amines) is 1. The van der Waals surface area contributed by atoms with Gasteiger partial charge in [-0.2, -0.15) is 0 Å². The van der Waals surface area contributed by atoms with Gasteiger partial charge in [0.15, 0.2) is 8.32 Å². The highest BCUT2D eigenvalue weighted by Crippen LogP contribution is 2.49. The molecule has 1 fully saturated rings. The van der Waals surface area contributed by atoms with E-state index in [1.165, 1.54) is 6.07 Å². The topological polar surface area (TPSA) is 45.7 Å². The van der Waals surface area contributed by atoms with E-state index in [0.717, 1.165) is 23.2 Å². The lowest BCUT2D eigenvalue weighted by molar-refractivity contribution is -0.129. The molecule has 8 heteroatoms. The lowest BCUT2D eigenvalue weighted by Crippen LogP contribution is -2.64. The quantitative estimate of drug-likeness (QED) is 0.579. The molecular formula is C22H29BrFN3O2Si. The number of hydrogen-bond acceptors (Lipinski definition) is 4. The number of amides is 1. The number of anilines is 1. The Morgan fingerprint density at radius 2 is 1.97 bits per heavy atom. The molecule has 2 aliphatic heterocycles. The number of hydrogen-bond donors (Lipinski definition) is 0. The Morgan fingerprint density at radius 3 is 2.60 bits per heavy atom. The van der Waals surface area contributed by atoms with Gasteiger partial charge >= 0.3 is 0 Å².